The molecule has 2 rings (SSSR count). The van der Waals surface area contributed by atoms with Gasteiger partial charge in [-0.3, -0.25) is 4.79 Å². The summed E-state index contributed by atoms with van der Waals surface area (Å²) in [5.74, 6) is 0.688. The predicted molar refractivity (Wildman–Crippen MR) is 84.9 cm³/mol. The van der Waals surface area contributed by atoms with Crippen molar-refractivity contribution < 1.29 is 9.53 Å². The summed E-state index contributed by atoms with van der Waals surface area (Å²) in [7, 11) is 0. The van der Waals surface area contributed by atoms with Gasteiger partial charge < -0.3 is 10.1 Å². The Morgan fingerprint density at radius 3 is 2.57 bits per heavy atom. The van der Waals surface area contributed by atoms with Gasteiger partial charge in [-0.15, -0.1) is 0 Å². The summed E-state index contributed by atoms with van der Waals surface area (Å²) in [6, 6.07) is 14.5. The molecule has 21 heavy (non-hydrogen) atoms. The van der Waals surface area contributed by atoms with E-state index >= 15 is 0 Å². The number of benzene rings is 2. The highest BCUT2D eigenvalue weighted by Gasteiger charge is 2.11. The maximum absolute atomic E-state index is 12.2. The van der Waals surface area contributed by atoms with Crippen LogP contribution in [0.4, 0.5) is 0 Å². The Hall–Kier alpha value is -2.00. The normalized spacial score (nSPS) is 11.8. The minimum atomic E-state index is -0.140. The second kappa shape index (κ2) is 7.14. The van der Waals surface area contributed by atoms with Gasteiger partial charge in [0.25, 0.3) is 5.91 Å². The Balaban J connectivity index is 2.03. The van der Waals surface area contributed by atoms with E-state index in [0.717, 1.165) is 11.3 Å². The Morgan fingerprint density at radius 2 is 1.95 bits per heavy atom. The van der Waals surface area contributed by atoms with Gasteiger partial charge in [0.05, 0.1) is 12.6 Å². The molecule has 0 saturated carbocycles. The van der Waals surface area contributed by atoms with E-state index in [9.17, 15) is 4.79 Å². The number of hydrogen-bond donors (Lipinski definition) is 1. The number of carbonyl (C=O) groups excluding carboxylic acids is 1. The maximum atomic E-state index is 12.2. The fourth-order valence-corrected chi connectivity index (χ4v) is 2.20. The summed E-state index contributed by atoms with van der Waals surface area (Å²) in [4.78, 5) is 12.2. The molecule has 0 aromatic heterocycles. The molecule has 0 radical (unpaired) electrons. The molecule has 0 unspecified atom stereocenters. The summed E-state index contributed by atoms with van der Waals surface area (Å²) >= 11 is 5.90. The van der Waals surface area contributed by atoms with Crippen LogP contribution < -0.4 is 10.1 Å². The highest BCUT2D eigenvalue weighted by molar-refractivity contribution is 6.30. The first kappa shape index (κ1) is 15.4. The molecule has 0 aliphatic heterocycles. The van der Waals surface area contributed by atoms with Crippen molar-refractivity contribution in [1.29, 1.82) is 0 Å². The van der Waals surface area contributed by atoms with Crippen LogP contribution in [0.5, 0.6) is 5.75 Å². The lowest BCUT2D eigenvalue weighted by atomic mass is 10.1. The van der Waals surface area contributed by atoms with Crippen molar-refractivity contribution in [3.05, 3.63) is 64.7 Å². The zero-order valence-corrected chi connectivity index (χ0v) is 12.9. The van der Waals surface area contributed by atoms with Gasteiger partial charge in [-0.1, -0.05) is 29.8 Å². The van der Waals surface area contributed by atoms with E-state index in [1.807, 2.05) is 38.1 Å². The molecule has 110 valence electrons. The van der Waals surface area contributed by atoms with Crippen LogP contribution in [-0.2, 0) is 0 Å². The molecule has 0 aliphatic carbocycles. The number of nitrogens with one attached hydrogen (secondary N) is 1. The van der Waals surface area contributed by atoms with E-state index in [4.69, 9.17) is 16.3 Å². The number of carbonyl (C=O) groups is 1. The van der Waals surface area contributed by atoms with E-state index in [1.54, 1.807) is 24.3 Å². The van der Waals surface area contributed by atoms with Gasteiger partial charge in [-0.2, -0.15) is 0 Å². The fourth-order valence-electron chi connectivity index (χ4n) is 2.01. The van der Waals surface area contributed by atoms with Crippen molar-refractivity contribution in [2.45, 2.75) is 19.9 Å². The van der Waals surface area contributed by atoms with Crippen molar-refractivity contribution >= 4 is 17.5 Å². The maximum Gasteiger partial charge on any atom is 0.251 e. The SMILES string of the molecule is CCOc1ccc([C@@H](C)NC(=O)c2cccc(Cl)c2)cc1. The fraction of sp³-hybridized carbons (Fsp3) is 0.235. The quantitative estimate of drug-likeness (QED) is 0.897. The van der Waals surface area contributed by atoms with E-state index in [2.05, 4.69) is 5.32 Å². The molecule has 1 N–H and O–H groups in total. The Morgan fingerprint density at radius 1 is 1.24 bits per heavy atom. The number of hydrogen-bond acceptors (Lipinski definition) is 2. The predicted octanol–water partition coefficient (Wildman–Crippen LogP) is 4.23. The summed E-state index contributed by atoms with van der Waals surface area (Å²) in [5, 5.41) is 3.50. The number of ether oxygens (including phenoxy) is 1. The molecule has 1 atom stereocenters. The molecule has 3 nitrogen and oxygen atoms in total. The third-order valence-corrected chi connectivity index (χ3v) is 3.36. The molecular formula is C17H18ClNO2. The molecule has 0 fully saturated rings. The average molecular weight is 304 g/mol. The molecule has 0 bridgehead atoms. The molecule has 2 aromatic carbocycles. The molecule has 0 aliphatic rings. The van der Waals surface area contributed by atoms with E-state index in [1.165, 1.54) is 0 Å². The molecule has 0 saturated heterocycles. The van der Waals surface area contributed by atoms with E-state index in [-0.39, 0.29) is 11.9 Å². The van der Waals surface area contributed by atoms with Crippen molar-refractivity contribution in [3.8, 4) is 5.75 Å². The Kier molecular flexibility index (Phi) is 5.23. The van der Waals surface area contributed by atoms with Crippen LogP contribution in [-0.4, -0.2) is 12.5 Å². The first-order valence-corrected chi connectivity index (χ1v) is 7.27. The van der Waals surface area contributed by atoms with Gasteiger partial charge in [-0.25, -0.2) is 0 Å². The van der Waals surface area contributed by atoms with Crippen LogP contribution in [0.2, 0.25) is 5.02 Å². The van der Waals surface area contributed by atoms with Crippen molar-refractivity contribution in [1.82, 2.24) is 5.32 Å². The van der Waals surface area contributed by atoms with Crippen LogP contribution in [0.25, 0.3) is 0 Å². The molecule has 1 amide bonds. The minimum absolute atomic E-state index is 0.0906. The molecular weight excluding hydrogens is 286 g/mol. The van der Waals surface area contributed by atoms with E-state index < -0.39 is 0 Å². The van der Waals surface area contributed by atoms with Crippen molar-refractivity contribution in [2.75, 3.05) is 6.61 Å². The van der Waals surface area contributed by atoms with E-state index in [0.29, 0.717) is 17.2 Å². The van der Waals surface area contributed by atoms with Gasteiger partial charge in [-0.05, 0) is 49.7 Å². The smallest absolute Gasteiger partial charge is 0.251 e. The van der Waals surface area contributed by atoms with Crippen LogP contribution in [0, 0.1) is 0 Å². The van der Waals surface area contributed by atoms with Gasteiger partial charge >= 0.3 is 0 Å². The Bertz CT molecular complexity index is 610. The largest absolute Gasteiger partial charge is 0.494 e. The summed E-state index contributed by atoms with van der Waals surface area (Å²) in [6.45, 7) is 4.53. The number of amides is 1. The minimum Gasteiger partial charge on any atom is -0.494 e. The first-order chi connectivity index (χ1) is 10.1. The third kappa shape index (κ3) is 4.23. The second-order valence-corrected chi connectivity index (χ2v) is 5.14. The lowest BCUT2D eigenvalue weighted by Gasteiger charge is -2.15. The third-order valence-electron chi connectivity index (χ3n) is 3.13. The molecule has 2 aromatic rings. The highest BCUT2D eigenvalue weighted by Crippen LogP contribution is 2.18. The van der Waals surface area contributed by atoms with Gasteiger partial charge in [0.15, 0.2) is 0 Å². The van der Waals surface area contributed by atoms with Crippen LogP contribution >= 0.6 is 11.6 Å². The molecule has 0 spiro atoms. The first-order valence-electron chi connectivity index (χ1n) is 6.89. The van der Waals surface area contributed by atoms with Gasteiger partial charge in [0.2, 0.25) is 0 Å². The monoisotopic (exact) mass is 303 g/mol. The molecule has 0 heterocycles. The Labute approximate surface area is 129 Å². The second-order valence-electron chi connectivity index (χ2n) is 4.71. The number of rotatable bonds is 5. The zero-order chi connectivity index (χ0) is 15.2. The summed E-state index contributed by atoms with van der Waals surface area (Å²) in [5.41, 5.74) is 1.58. The van der Waals surface area contributed by atoms with Crippen molar-refractivity contribution in [2.24, 2.45) is 0 Å². The van der Waals surface area contributed by atoms with Crippen molar-refractivity contribution in [3.63, 3.8) is 0 Å². The van der Waals surface area contributed by atoms with Crippen LogP contribution in [0.3, 0.4) is 0 Å². The molecule has 4 heteroatoms. The van der Waals surface area contributed by atoms with Crippen LogP contribution in [0.1, 0.15) is 35.8 Å². The highest BCUT2D eigenvalue weighted by atomic mass is 35.5. The topological polar surface area (TPSA) is 38.3 Å². The summed E-state index contributed by atoms with van der Waals surface area (Å²) < 4.78 is 5.40. The lowest BCUT2D eigenvalue weighted by molar-refractivity contribution is 0.0940. The van der Waals surface area contributed by atoms with Gasteiger partial charge in [0, 0.05) is 10.6 Å². The zero-order valence-electron chi connectivity index (χ0n) is 12.1. The number of halogens is 1. The average Bonchev–Trinajstić information content (AvgIpc) is 2.48. The lowest BCUT2D eigenvalue weighted by Crippen LogP contribution is -2.26. The summed E-state index contributed by atoms with van der Waals surface area (Å²) in [6.07, 6.45) is 0. The van der Waals surface area contributed by atoms with Crippen LogP contribution in [0.15, 0.2) is 48.5 Å². The standard InChI is InChI=1S/C17H18ClNO2/c1-3-21-16-9-7-13(8-10-16)12(2)19-17(20)14-5-4-6-15(18)11-14/h4-12H,3H2,1-2H3,(H,19,20)/t12-/m1/s1. The van der Waals surface area contributed by atoms with Gasteiger partial charge in [0.1, 0.15) is 5.75 Å².